The number of carbonyl (C=O) groups excluding carboxylic acids is 4. The zero-order valence-electron chi connectivity index (χ0n) is 13.0. The molecule has 0 aromatic carbocycles. The summed E-state index contributed by atoms with van der Waals surface area (Å²) in [7, 11) is 4.35. The fourth-order valence-corrected chi connectivity index (χ4v) is 3.09. The van der Waals surface area contributed by atoms with Crippen molar-refractivity contribution in [3.63, 3.8) is 0 Å². The lowest BCUT2D eigenvalue weighted by molar-refractivity contribution is -0.180. The highest BCUT2D eigenvalue weighted by Crippen LogP contribution is 2.55. The fraction of sp³-hybridized carbons (Fsp3) is 0.571. The molecule has 2 aliphatic heterocycles. The summed E-state index contributed by atoms with van der Waals surface area (Å²) < 4.78 is 24.2. The van der Waals surface area contributed by atoms with Crippen LogP contribution in [0.1, 0.15) is 0 Å². The van der Waals surface area contributed by atoms with Crippen LogP contribution in [0.4, 0.5) is 0 Å². The number of fused-ring (bicyclic) bond motifs is 2. The molecule has 9 nitrogen and oxygen atoms in total. The van der Waals surface area contributed by atoms with Crippen LogP contribution in [-0.2, 0) is 42.9 Å². The molecule has 1 fully saturated rings. The van der Waals surface area contributed by atoms with Gasteiger partial charge in [0.1, 0.15) is 11.8 Å². The minimum Gasteiger partial charge on any atom is -0.469 e. The first-order valence-electron chi connectivity index (χ1n) is 6.57. The molecule has 0 radical (unpaired) electrons. The van der Waals surface area contributed by atoms with E-state index in [-0.39, 0.29) is 0 Å². The van der Waals surface area contributed by atoms with E-state index in [1.807, 2.05) is 0 Å². The predicted octanol–water partition coefficient (Wildman–Crippen LogP) is -1.01. The Balaban J connectivity index is 2.67. The Morgan fingerprint density at radius 3 is 1.35 bits per heavy atom. The second-order valence-electron chi connectivity index (χ2n) is 5.01. The van der Waals surface area contributed by atoms with E-state index in [0.29, 0.717) is 0 Å². The summed E-state index contributed by atoms with van der Waals surface area (Å²) in [5.41, 5.74) is -3.93. The molecular formula is C14H16O9. The maximum absolute atomic E-state index is 12.2. The van der Waals surface area contributed by atoms with Crippen LogP contribution in [0.2, 0.25) is 0 Å². The van der Waals surface area contributed by atoms with Crippen LogP contribution in [-0.4, -0.2) is 63.5 Å². The Labute approximate surface area is 131 Å². The van der Waals surface area contributed by atoms with Gasteiger partial charge in [-0.1, -0.05) is 0 Å². The van der Waals surface area contributed by atoms with Crippen molar-refractivity contribution in [3.8, 4) is 0 Å². The van der Waals surface area contributed by atoms with Crippen LogP contribution < -0.4 is 0 Å². The van der Waals surface area contributed by atoms with E-state index in [0.717, 1.165) is 28.4 Å². The Morgan fingerprint density at radius 2 is 1.09 bits per heavy atom. The minimum atomic E-state index is -1.96. The van der Waals surface area contributed by atoms with Gasteiger partial charge in [-0.25, -0.2) is 9.59 Å². The number of ether oxygens (including phenoxy) is 5. The van der Waals surface area contributed by atoms with Gasteiger partial charge in [-0.2, -0.15) is 0 Å². The number of esters is 4. The van der Waals surface area contributed by atoms with E-state index < -0.39 is 46.9 Å². The van der Waals surface area contributed by atoms with Gasteiger partial charge in [-0.05, 0) is 12.2 Å². The van der Waals surface area contributed by atoms with E-state index in [1.54, 1.807) is 0 Å². The third kappa shape index (κ3) is 2.03. The van der Waals surface area contributed by atoms with Crippen LogP contribution in [0, 0.1) is 11.8 Å². The molecular weight excluding hydrogens is 312 g/mol. The molecule has 126 valence electrons. The van der Waals surface area contributed by atoms with Crippen molar-refractivity contribution in [1.29, 1.82) is 0 Å². The van der Waals surface area contributed by atoms with Gasteiger partial charge in [0.05, 0.1) is 28.4 Å². The van der Waals surface area contributed by atoms with Gasteiger partial charge in [-0.15, -0.1) is 0 Å². The molecule has 0 saturated carbocycles. The highest BCUT2D eigenvalue weighted by Gasteiger charge is 2.76. The summed E-state index contributed by atoms with van der Waals surface area (Å²) >= 11 is 0. The van der Waals surface area contributed by atoms with Crippen molar-refractivity contribution in [2.45, 2.75) is 11.2 Å². The monoisotopic (exact) mass is 328 g/mol. The predicted molar refractivity (Wildman–Crippen MR) is 70.7 cm³/mol. The van der Waals surface area contributed by atoms with Crippen molar-refractivity contribution in [3.05, 3.63) is 12.2 Å². The molecule has 0 aromatic rings. The van der Waals surface area contributed by atoms with Gasteiger partial charge in [0.25, 0.3) is 0 Å². The number of hydrogen-bond acceptors (Lipinski definition) is 9. The van der Waals surface area contributed by atoms with Crippen LogP contribution in [0.3, 0.4) is 0 Å². The van der Waals surface area contributed by atoms with Gasteiger partial charge >= 0.3 is 23.9 Å². The average Bonchev–Trinajstić information content (AvgIpc) is 3.12. The first-order valence-corrected chi connectivity index (χ1v) is 6.57. The number of carbonyl (C=O) groups is 4. The normalized spacial score (nSPS) is 33.9. The van der Waals surface area contributed by atoms with Gasteiger partial charge in [0, 0.05) is 0 Å². The van der Waals surface area contributed by atoms with Crippen LogP contribution in [0.25, 0.3) is 0 Å². The van der Waals surface area contributed by atoms with Gasteiger partial charge in [0.15, 0.2) is 11.2 Å². The van der Waals surface area contributed by atoms with E-state index in [1.165, 1.54) is 12.2 Å². The summed E-state index contributed by atoms with van der Waals surface area (Å²) in [6, 6.07) is 0. The van der Waals surface area contributed by atoms with E-state index >= 15 is 0 Å². The third-order valence-electron chi connectivity index (χ3n) is 4.09. The van der Waals surface area contributed by atoms with Crippen molar-refractivity contribution in [2.24, 2.45) is 11.8 Å². The second-order valence-corrected chi connectivity index (χ2v) is 5.01. The average molecular weight is 328 g/mol. The Kier molecular flexibility index (Phi) is 4.16. The molecule has 2 bridgehead atoms. The molecule has 23 heavy (non-hydrogen) atoms. The molecule has 0 aliphatic carbocycles. The molecule has 0 amide bonds. The lowest BCUT2D eigenvalue weighted by Crippen LogP contribution is -2.52. The number of hydrogen-bond donors (Lipinski definition) is 0. The molecule has 2 aliphatic rings. The quantitative estimate of drug-likeness (QED) is 0.363. The molecule has 0 spiro atoms. The zero-order chi connectivity index (χ0) is 17.4. The van der Waals surface area contributed by atoms with Gasteiger partial charge in [0.2, 0.25) is 0 Å². The Bertz CT molecular complexity index is 545. The van der Waals surface area contributed by atoms with Crippen molar-refractivity contribution in [1.82, 2.24) is 0 Å². The highest BCUT2D eigenvalue weighted by atomic mass is 16.6. The summed E-state index contributed by atoms with van der Waals surface area (Å²) in [4.78, 5) is 48.9. The topological polar surface area (TPSA) is 114 Å². The fourth-order valence-electron chi connectivity index (χ4n) is 3.09. The van der Waals surface area contributed by atoms with Crippen LogP contribution in [0.15, 0.2) is 12.2 Å². The van der Waals surface area contributed by atoms with E-state index in [9.17, 15) is 19.2 Å². The largest absolute Gasteiger partial charge is 0.469 e. The molecule has 9 heteroatoms. The molecule has 0 aromatic heterocycles. The van der Waals surface area contributed by atoms with Crippen LogP contribution in [0.5, 0.6) is 0 Å². The summed E-state index contributed by atoms with van der Waals surface area (Å²) in [6.07, 6.45) is 2.41. The second kappa shape index (κ2) is 5.65. The van der Waals surface area contributed by atoms with Gasteiger partial charge in [-0.3, -0.25) is 9.59 Å². The lowest BCUT2D eigenvalue weighted by Gasteiger charge is -2.29. The maximum Gasteiger partial charge on any atom is 0.343 e. The summed E-state index contributed by atoms with van der Waals surface area (Å²) in [5, 5.41) is 0. The van der Waals surface area contributed by atoms with Crippen LogP contribution >= 0.6 is 0 Å². The lowest BCUT2D eigenvalue weighted by atomic mass is 9.70. The Hall–Kier alpha value is -2.42. The summed E-state index contributed by atoms with van der Waals surface area (Å²) in [6.45, 7) is 0. The molecule has 0 N–H and O–H groups in total. The van der Waals surface area contributed by atoms with Crippen molar-refractivity contribution < 1.29 is 42.9 Å². The Morgan fingerprint density at radius 1 is 0.739 bits per heavy atom. The first kappa shape index (κ1) is 16.9. The molecule has 4 atom stereocenters. The standard InChI is InChI=1S/C14H16O9/c1-19-9(15)7-8(10(16)20-2)14(12(18)22-4)6-5-13(7,23-14)11(17)21-3/h5-8H,1-4H3/t7-,8?,13?,14?/m1/s1. The third-order valence-corrected chi connectivity index (χ3v) is 4.09. The molecule has 2 rings (SSSR count). The zero-order valence-corrected chi connectivity index (χ0v) is 13.0. The molecule has 1 saturated heterocycles. The number of methoxy groups -OCH3 is 4. The molecule has 3 unspecified atom stereocenters. The number of rotatable bonds is 4. The smallest absolute Gasteiger partial charge is 0.343 e. The van der Waals surface area contributed by atoms with Crippen molar-refractivity contribution in [2.75, 3.05) is 28.4 Å². The minimum absolute atomic E-state index is 0.916. The van der Waals surface area contributed by atoms with E-state index in [4.69, 9.17) is 4.74 Å². The first-order chi connectivity index (χ1) is 10.8. The maximum atomic E-state index is 12.2. The van der Waals surface area contributed by atoms with E-state index in [2.05, 4.69) is 18.9 Å². The summed E-state index contributed by atoms with van der Waals surface area (Å²) in [5.74, 6) is -6.61. The SMILES string of the molecule is COC(=O)C1[C@H](C(=O)OC)C2(C(=O)OC)C=CC1(C(=O)OC)O2. The van der Waals surface area contributed by atoms with Gasteiger partial charge < -0.3 is 23.7 Å². The molecule has 2 heterocycles. The highest BCUT2D eigenvalue weighted by molar-refractivity contribution is 6.02. The van der Waals surface area contributed by atoms with Crippen molar-refractivity contribution >= 4 is 23.9 Å².